The second-order valence-electron chi connectivity index (χ2n) is 3.70. The van der Waals surface area contributed by atoms with Gasteiger partial charge in [-0.05, 0) is 25.1 Å². The molecule has 0 amide bonds. The van der Waals surface area contributed by atoms with Gasteiger partial charge in [0.05, 0.1) is 7.11 Å². The number of aromatic nitrogens is 1. The molecule has 0 saturated carbocycles. The van der Waals surface area contributed by atoms with Gasteiger partial charge in [0.25, 0.3) is 0 Å². The van der Waals surface area contributed by atoms with Crippen LogP contribution < -0.4 is 10.5 Å². The zero-order valence-corrected chi connectivity index (χ0v) is 12.1. The van der Waals surface area contributed by atoms with Crippen LogP contribution in [0.4, 0.5) is 0 Å². The summed E-state index contributed by atoms with van der Waals surface area (Å²) in [5, 5.41) is 13.8. The van der Waals surface area contributed by atoms with Gasteiger partial charge in [-0.15, -0.1) is 11.3 Å². The molecular formula is C12H13N3O2S2. The van der Waals surface area contributed by atoms with Gasteiger partial charge in [0.2, 0.25) is 0 Å². The highest BCUT2D eigenvalue weighted by atomic mass is 32.2. The molecule has 2 aromatic rings. The molecule has 1 aromatic heterocycles. The van der Waals surface area contributed by atoms with Gasteiger partial charge >= 0.3 is 0 Å². The first-order valence-corrected chi connectivity index (χ1v) is 7.09. The monoisotopic (exact) mass is 295 g/mol. The molecule has 19 heavy (non-hydrogen) atoms. The van der Waals surface area contributed by atoms with Gasteiger partial charge in [-0.3, -0.25) is 0 Å². The molecule has 0 unspecified atom stereocenters. The number of nitrogens with zero attached hydrogens (tertiary/aromatic N) is 2. The van der Waals surface area contributed by atoms with Crippen LogP contribution in [0, 0.1) is 6.92 Å². The van der Waals surface area contributed by atoms with E-state index in [9.17, 15) is 0 Å². The Morgan fingerprint density at radius 3 is 2.89 bits per heavy atom. The molecule has 0 atom stereocenters. The Kier molecular flexibility index (Phi) is 4.28. The summed E-state index contributed by atoms with van der Waals surface area (Å²) in [7, 11) is 1.60. The predicted octanol–water partition coefficient (Wildman–Crippen LogP) is 2.71. The molecular weight excluding hydrogens is 282 g/mol. The molecule has 0 radical (unpaired) electrons. The van der Waals surface area contributed by atoms with Crippen LogP contribution in [0.15, 0.2) is 38.0 Å². The van der Waals surface area contributed by atoms with Crippen LogP contribution in [0.5, 0.6) is 5.75 Å². The summed E-state index contributed by atoms with van der Waals surface area (Å²) in [6, 6.07) is 5.37. The summed E-state index contributed by atoms with van der Waals surface area (Å²) >= 11 is 3.02. The third kappa shape index (κ3) is 3.18. The van der Waals surface area contributed by atoms with Crippen molar-refractivity contribution in [3.05, 3.63) is 34.8 Å². The third-order valence-electron chi connectivity index (χ3n) is 2.37. The molecule has 0 aliphatic carbocycles. The molecule has 7 heteroatoms. The fraction of sp³-hybridized carbons (Fsp3) is 0.167. The molecule has 1 aromatic carbocycles. The van der Waals surface area contributed by atoms with Crippen LogP contribution in [0.1, 0.15) is 11.3 Å². The number of hydrogen-bond acceptors (Lipinski definition) is 6. The van der Waals surface area contributed by atoms with Gasteiger partial charge < -0.3 is 15.7 Å². The second kappa shape index (κ2) is 5.94. The Bertz CT molecular complexity index is 611. The number of ether oxygens (including phenoxy) is 1. The fourth-order valence-electron chi connectivity index (χ4n) is 1.45. The summed E-state index contributed by atoms with van der Waals surface area (Å²) in [5.74, 6) is 0.781. The minimum Gasteiger partial charge on any atom is -0.497 e. The molecule has 100 valence electrons. The van der Waals surface area contributed by atoms with Crippen molar-refractivity contribution >= 4 is 28.9 Å². The van der Waals surface area contributed by atoms with E-state index in [1.807, 2.05) is 18.4 Å². The van der Waals surface area contributed by atoms with E-state index >= 15 is 0 Å². The van der Waals surface area contributed by atoms with Crippen molar-refractivity contribution in [2.45, 2.75) is 16.2 Å². The molecule has 0 saturated heterocycles. The Balaban J connectivity index is 2.40. The average Bonchev–Trinajstić information content (AvgIpc) is 2.83. The normalized spacial score (nSPS) is 11.6. The lowest BCUT2D eigenvalue weighted by Crippen LogP contribution is -2.14. The number of thiazole rings is 1. The molecule has 3 N–H and O–H groups in total. The standard InChI is InChI=1S/C12H13N3O2S2/c1-7-6-18-12(14-7)19-10-5-8(17-2)3-4-9(10)11(13)15-16/h3-6,16H,1-2H3,(H2,13,15). The predicted molar refractivity (Wildman–Crippen MR) is 76.5 cm³/mol. The lowest BCUT2D eigenvalue weighted by molar-refractivity contribution is 0.318. The van der Waals surface area contributed by atoms with E-state index in [1.165, 1.54) is 11.8 Å². The molecule has 0 aliphatic rings. The van der Waals surface area contributed by atoms with Crippen molar-refractivity contribution < 1.29 is 9.94 Å². The Morgan fingerprint density at radius 2 is 2.32 bits per heavy atom. The number of nitrogens with two attached hydrogens (primary N) is 1. The van der Waals surface area contributed by atoms with Gasteiger partial charge in [0.15, 0.2) is 10.2 Å². The number of aryl methyl sites for hydroxylation is 1. The number of rotatable bonds is 4. The summed E-state index contributed by atoms with van der Waals surface area (Å²) < 4.78 is 6.09. The molecule has 5 nitrogen and oxygen atoms in total. The third-order valence-corrected chi connectivity index (χ3v) is 4.48. The first-order valence-electron chi connectivity index (χ1n) is 5.40. The van der Waals surface area contributed by atoms with Crippen molar-refractivity contribution in [2.75, 3.05) is 7.11 Å². The first kappa shape index (κ1) is 13.7. The van der Waals surface area contributed by atoms with E-state index in [-0.39, 0.29) is 5.84 Å². The zero-order chi connectivity index (χ0) is 13.8. The Morgan fingerprint density at radius 1 is 1.53 bits per heavy atom. The number of hydrogen-bond donors (Lipinski definition) is 2. The molecule has 0 bridgehead atoms. The van der Waals surface area contributed by atoms with Crippen LogP contribution in [-0.2, 0) is 0 Å². The summed E-state index contributed by atoms with van der Waals surface area (Å²) in [4.78, 5) is 5.22. The number of amidine groups is 1. The van der Waals surface area contributed by atoms with Gasteiger partial charge in [0.1, 0.15) is 5.75 Å². The average molecular weight is 295 g/mol. The second-order valence-corrected chi connectivity index (χ2v) is 5.85. The van der Waals surface area contributed by atoms with Crippen molar-refractivity contribution in [3.63, 3.8) is 0 Å². The summed E-state index contributed by atoms with van der Waals surface area (Å²) in [6.45, 7) is 1.94. The quantitative estimate of drug-likeness (QED) is 0.392. The smallest absolute Gasteiger partial charge is 0.171 e. The highest BCUT2D eigenvalue weighted by Crippen LogP contribution is 2.34. The maximum atomic E-state index is 8.82. The Hall–Kier alpha value is -1.73. The molecule has 0 spiro atoms. The van der Waals surface area contributed by atoms with Gasteiger partial charge in [-0.2, -0.15) is 0 Å². The van der Waals surface area contributed by atoms with E-state index in [4.69, 9.17) is 15.7 Å². The maximum Gasteiger partial charge on any atom is 0.171 e. The highest BCUT2D eigenvalue weighted by Gasteiger charge is 2.12. The minimum atomic E-state index is 0.0680. The van der Waals surface area contributed by atoms with Crippen LogP contribution >= 0.6 is 23.1 Å². The lowest BCUT2D eigenvalue weighted by atomic mass is 10.2. The van der Waals surface area contributed by atoms with Gasteiger partial charge in [-0.25, -0.2) is 4.98 Å². The largest absolute Gasteiger partial charge is 0.497 e. The van der Waals surface area contributed by atoms with E-state index in [1.54, 1.807) is 30.6 Å². The summed E-state index contributed by atoms with van der Waals surface area (Å²) in [6.07, 6.45) is 0. The number of methoxy groups -OCH3 is 1. The molecule has 0 aliphatic heterocycles. The van der Waals surface area contributed by atoms with Crippen molar-refractivity contribution in [2.24, 2.45) is 10.9 Å². The van der Waals surface area contributed by atoms with Crippen LogP contribution in [0.25, 0.3) is 0 Å². The number of benzene rings is 1. The van der Waals surface area contributed by atoms with Crippen molar-refractivity contribution in [3.8, 4) is 5.75 Å². The van der Waals surface area contributed by atoms with Crippen LogP contribution in [0.3, 0.4) is 0 Å². The maximum absolute atomic E-state index is 8.82. The summed E-state index contributed by atoms with van der Waals surface area (Å²) in [5.41, 5.74) is 7.30. The van der Waals surface area contributed by atoms with Crippen LogP contribution in [0.2, 0.25) is 0 Å². The van der Waals surface area contributed by atoms with E-state index in [0.717, 1.165) is 14.9 Å². The van der Waals surface area contributed by atoms with Gasteiger partial charge in [-0.1, -0.05) is 16.9 Å². The minimum absolute atomic E-state index is 0.0680. The van der Waals surface area contributed by atoms with Crippen molar-refractivity contribution in [1.82, 2.24) is 4.98 Å². The first-order chi connectivity index (χ1) is 9.13. The molecule has 1 heterocycles. The van der Waals surface area contributed by atoms with E-state index < -0.39 is 0 Å². The van der Waals surface area contributed by atoms with Gasteiger partial charge in [0, 0.05) is 21.5 Å². The zero-order valence-electron chi connectivity index (χ0n) is 10.5. The highest BCUT2D eigenvalue weighted by molar-refractivity contribution is 8.01. The SMILES string of the molecule is COc1ccc(/C(N)=N/O)c(Sc2nc(C)cs2)c1. The fourth-order valence-corrected chi connectivity index (χ4v) is 3.42. The topological polar surface area (TPSA) is 80.7 Å². The number of oxime groups is 1. The lowest BCUT2D eigenvalue weighted by Gasteiger charge is -2.08. The molecule has 2 rings (SSSR count). The van der Waals surface area contributed by atoms with Crippen LogP contribution in [-0.4, -0.2) is 23.1 Å². The Labute approximate surface area is 119 Å². The van der Waals surface area contributed by atoms with E-state index in [2.05, 4.69) is 10.1 Å². The van der Waals surface area contributed by atoms with E-state index in [0.29, 0.717) is 11.3 Å². The molecule has 0 fully saturated rings. The van der Waals surface area contributed by atoms with Crippen molar-refractivity contribution in [1.29, 1.82) is 0 Å².